The van der Waals surface area contributed by atoms with Crippen molar-refractivity contribution in [3.63, 3.8) is 0 Å². The maximum absolute atomic E-state index is 6.25. The average molecular weight is 298 g/mol. The lowest BCUT2D eigenvalue weighted by Gasteiger charge is -2.24. The molecule has 3 aromatic rings. The van der Waals surface area contributed by atoms with Gasteiger partial charge in [-0.1, -0.05) is 0 Å². The largest absolute Gasteiger partial charge is 0.397 e. The zero-order valence-corrected chi connectivity index (χ0v) is 13.0. The van der Waals surface area contributed by atoms with Crippen molar-refractivity contribution in [3.05, 3.63) is 47.2 Å². The van der Waals surface area contributed by atoms with Crippen LogP contribution in [0.4, 0.5) is 11.4 Å². The summed E-state index contributed by atoms with van der Waals surface area (Å²) in [5.74, 6) is 0. The van der Waals surface area contributed by atoms with Crippen molar-refractivity contribution in [1.82, 2.24) is 9.97 Å². The zero-order valence-electron chi connectivity index (χ0n) is 12.2. The minimum Gasteiger partial charge on any atom is -0.397 e. The normalized spacial score (nSPS) is 11.0. The van der Waals surface area contributed by atoms with Crippen LogP contribution in [0.3, 0.4) is 0 Å². The Morgan fingerprint density at radius 3 is 2.71 bits per heavy atom. The number of aromatic nitrogens is 2. The standard InChI is InChI=1S/C16H18N4S/c1-3-20(10-12-4-6-18-7-5-12)15-9-14-16(8-13(15)17)21-11(2)19-14/h4-9H,3,10,17H2,1-2H3. The summed E-state index contributed by atoms with van der Waals surface area (Å²) in [6.07, 6.45) is 3.64. The Hall–Kier alpha value is -2.14. The highest BCUT2D eigenvalue weighted by atomic mass is 32.1. The molecule has 5 heteroatoms. The smallest absolute Gasteiger partial charge is 0.0907 e. The van der Waals surface area contributed by atoms with Gasteiger partial charge >= 0.3 is 0 Å². The van der Waals surface area contributed by atoms with Gasteiger partial charge in [0.1, 0.15) is 0 Å². The summed E-state index contributed by atoms with van der Waals surface area (Å²) in [5.41, 5.74) is 10.4. The highest BCUT2D eigenvalue weighted by Crippen LogP contribution is 2.32. The Labute approximate surface area is 128 Å². The molecule has 0 aliphatic carbocycles. The van der Waals surface area contributed by atoms with Gasteiger partial charge in [-0.3, -0.25) is 4.98 Å². The van der Waals surface area contributed by atoms with Gasteiger partial charge in [0, 0.05) is 25.5 Å². The molecule has 1 aromatic carbocycles. The Bertz CT molecular complexity index is 752. The van der Waals surface area contributed by atoms with Gasteiger partial charge in [0.2, 0.25) is 0 Å². The molecule has 0 saturated carbocycles. The predicted octanol–water partition coefficient (Wildman–Crippen LogP) is 3.61. The lowest BCUT2D eigenvalue weighted by atomic mass is 10.2. The van der Waals surface area contributed by atoms with Crippen LogP contribution >= 0.6 is 11.3 Å². The molecule has 0 fully saturated rings. The van der Waals surface area contributed by atoms with E-state index in [0.29, 0.717) is 0 Å². The molecule has 3 rings (SSSR count). The van der Waals surface area contributed by atoms with Crippen LogP contribution in [0, 0.1) is 6.92 Å². The molecule has 0 radical (unpaired) electrons. The van der Waals surface area contributed by atoms with Crippen molar-refractivity contribution >= 4 is 32.9 Å². The fraction of sp³-hybridized carbons (Fsp3) is 0.250. The first-order valence-electron chi connectivity index (χ1n) is 6.98. The van der Waals surface area contributed by atoms with Crippen molar-refractivity contribution < 1.29 is 0 Å². The van der Waals surface area contributed by atoms with E-state index in [1.165, 1.54) is 5.56 Å². The van der Waals surface area contributed by atoms with E-state index in [1.54, 1.807) is 11.3 Å². The molecular weight excluding hydrogens is 280 g/mol. The minimum atomic E-state index is 0.807. The fourth-order valence-corrected chi connectivity index (χ4v) is 3.30. The molecule has 0 amide bonds. The lowest BCUT2D eigenvalue weighted by Crippen LogP contribution is -2.23. The summed E-state index contributed by atoms with van der Waals surface area (Å²) in [4.78, 5) is 10.9. The summed E-state index contributed by atoms with van der Waals surface area (Å²) in [7, 11) is 0. The number of fused-ring (bicyclic) bond motifs is 1. The third kappa shape index (κ3) is 2.83. The van der Waals surface area contributed by atoms with Crippen LogP contribution in [0.5, 0.6) is 0 Å². The van der Waals surface area contributed by atoms with Crippen molar-refractivity contribution in [2.24, 2.45) is 0 Å². The second-order valence-corrected chi connectivity index (χ2v) is 6.22. The van der Waals surface area contributed by atoms with Gasteiger partial charge in [-0.25, -0.2) is 4.98 Å². The van der Waals surface area contributed by atoms with Crippen LogP contribution in [0.1, 0.15) is 17.5 Å². The van der Waals surface area contributed by atoms with Crippen LogP contribution in [0.15, 0.2) is 36.7 Å². The van der Waals surface area contributed by atoms with E-state index in [-0.39, 0.29) is 0 Å². The van der Waals surface area contributed by atoms with Crippen molar-refractivity contribution in [2.45, 2.75) is 20.4 Å². The van der Waals surface area contributed by atoms with Gasteiger partial charge < -0.3 is 10.6 Å². The molecule has 0 aliphatic heterocycles. The molecule has 0 spiro atoms. The van der Waals surface area contributed by atoms with Crippen molar-refractivity contribution in [2.75, 3.05) is 17.2 Å². The first kappa shape index (κ1) is 13.8. The van der Waals surface area contributed by atoms with Gasteiger partial charge in [0.25, 0.3) is 0 Å². The molecule has 0 unspecified atom stereocenters. The summed E-state index contributed by atoms with van der Waals surface area (Å²) in [6.45, 7) is 5.87. The molecule has 4 nitrogen and oxygen atoms in total. The third-order valence-electron chi connectivity index (χ3n) is 3.49. The number of pyridine rings is 1. The molecular formula is C16H18N4S. The lowest BCUT2D eigenvalue weighted by molar-refractivity contribution is 0.832. The van der Waals surface area contributed by atoms with E-state index >= 15 is 0 Å². The van der Waals surface area contributed by atoms with Crippen LogP contribution in [-0.2, 0) is 6.54 Å². The quantitative estimate of drug-likeness (QED) is 0.748. The predicted molar refractivity (Wildman–Crippen MR) is 89.7 cm³/mol. The maximum Gasteiger partial charge on any atom is 0.0907 e. The molecule has 108 valence electrons. The summed E-state index contributed by atoms with van der Waals surface area (Å²) >= 11 is 1.68. The first-order chi connectivity index (χ1) is 10.2. The summed E-state index contributed by atoms with van der Waals surface area (Å²) < 4.78 is 1.15. The Balaban J connectivity index is 1.98. The molecule has 0 bridgehead atoms. The SMILES string of the molecule is CCN(Cc1ccncc1)c1cc2nc(C)sc2cc1N. The van der Waals surface area contributed by atoms with Gasteiger partial charge in [0.05, 0.1) is 26.6 Å². The van der Waals surface area contributed by atoms with Crippen LogP contribution in [0.25, 0.3) is 10.2 Å². The molecule has 0 saturated heterocycles. The average Bonchev–Trinajstić information content (AvgIpc) is 2.84. The Kier molecular flexibility index (Phi) is 3.75. The molecule has 0 aliphatic rings. The van der Waals surface area contributed by atoms with Crippen LogP contribution in [-0.4, -0.2) is 16.5 Å². The van der Waals surface area contributed by atoms with Gasteiger partial charge in [0.15, 0.2) is 0 Å². The summed E-state index contributed by atoms with van der Waals surface area (Å²) in [6, 6.07) is 8.19. The monoisotopic (exact) mass is 298 g/mol. The Morgan fingerprint density at radius 2 is 2.00 bits per heavy atom. The number of nitrogen functional groups attached to an aromatic ring is 1. The van der Waals surface area contributed by atoms with Crippen molar-refractivity contribution in [3.8, 4) is 0 Å². The number of hydrogen-bond acceptors (Lipinski definition) is 5. The Morgan fingerprint density at radius 1 is 1.24 bits per heavy atom. The second-order valence-electron chi connectivity index (χ2n) is 4.98. The van der Waals surface area contributed by atoms with Gasteiger partial charge in [-0.15, -0.1) is 11.3 Å². The number of anilines is 2. The third-order valence-corrected chi connectivity index (χ3v) is 4.42. The number of benzene rings is 1. The van der Waals surface area contributed by atoms with E-state index < -0.39 is 0 Å². The number of aryl methyl sites for hydroxylation is 1. The number of hydrogen-bond donors (Lipinski definition) is 1. The highest BCUT2D eigenvalue weighted by Gasteiger charge is 2.12. The number of thiazole rings is 1. The van der Waals surface area contributed by atoms with Crippen LogP contribution < -0.4 is 10.6 Å². The number of nitrogens with two attached hydrogens (primary N) is 1. The van der Waals surface area contributed by atoms with Crippen molar-refractivity contribution in [1.29, 1.82) is 0 Å². The second kappa shape index (κ2) is 5.69. The van der Waals surface area contributed by atoms with E-state index in [9.17, 15) is 0 Å². The number of nitrogens with zero attached hydrogens (tertiary/aromatic N) is 3. The van der Waals surface area contributed by atoms with Gasteiger partial charge in [-0.05, 0) is 43.7 Å². The van der Waals surface area contributed by atoms with Crippen LogP contribution in [0.2, 0.25) is 0 Å². The molecule has 2 aromatic heterocycles. The maximum atomic E-state index is 6.25. The fourth-order valence-electron chi connectivity index (χ4n) is 2.44. The van der Waals surface area contributed by atoms with E-state index in [1.807, 2.05) is 37.5 Å². The van der Waals surface area contributed by atoms with E-state index in [2.05, 4.69) is 27.9 Å². The highest BCUT2D eigenvalue weighted by molar-refractivity contribution is 7.18. The number of rotatable bonds is 4. The summed E-state index contributed by atoms with van der Waals surface area (Å²) in [5, 5.41) is 1.07. The first-order valence-corrected chi connectivity index (χ1v) is 7.79. The van der Waals surface area contributed by atoms with E-state index in [4.69, 9.17) is 5.73 Å². The zero-order chi connectivity index (χ0) is 14.8. The van der Waals surface area contributed by atoms with Gasteiger partial charge in [-0.2, -0.15) is 0 Å². The molecule has 2 heterocycles. The molecule has 2 N–H and O–H groups in total. The topological polar surface area (TPSA) is 55.0 Å². The minimum absolute atomic E-state index is 0.807. The molecule has 0 atom stereocenters. The molecule has 21 heavy (non-hydrogen) atoms. The van der Waals surface area contributed by atoms with E-state index in [0.717, 1.165) is 39.7 Å².